The van der Waals surface area contributed by atoms with Crippen LogP contribution in [0.25, 0.3) is 0 Å². The zero-order valence-corrected chi connectivity index (χ0v) is 25.4. The van der Waals surface area contributed by atoms with Gasteiger partial charge in [-0.3, -0.25) is 0 Å². The third kappa shape index (κ3) is 17.1. The van der Waals surface area contributed by atoms with Crippen molar-refractivity contribution in [2.45, 2.75) is 167 Å². The normalized spacial score (nSPS) is 20.2. The van der Waals surface area contributed by atoms with E-state index in [-0.39, 0.29) is 13.2 Å². The predicted octanol–water partition coefficient (Wildman–Crippen LogP) is 8.01. The predicted molar refractivity (Wildman–Crippen MR) is 161 cm³/mol. The minimum Gasteiger partial charge on any atom is -0.479 e. The Bertz CT molecular complexity index is 574. The number of rotatable bonds is 24. The van der Waals surface area contributed by atoms with Crippen molar-refractivity contribution in [2.75, 3.05) is 13.2 Å². The van der Waals surface area contributed by atoms with E-state index in [1.54, 1.807) is 0 Å². The van der Waals surface area contributed by atoms with Crippen LogP contribution in [-0.2, 0) is 14.2 Å². The summed E-state index contributed by atoms with van der Waals surface area (Å²) < 4.78 is 17.4. The molecule has 0 aromatic rings. The molecule has 7 heteroatoms. The Morgan fingerprint density at radius 3 is 1.62 bits per heavy atom. The van der Waals surface area contributed by atoms with Crippen LogP contribution in [0.4, 0.5) is 0 Å². The van der Waals surface area contributed by atoms with Gasteiger partial charge in [0.05, 0.1) is 13.2 Å². The fourth-order valence-electron chi connectivity index (χ4n) is 4.87. The highest BCUT2D eigenvalue weighted by Gasteiger charge is 2.43. The second-order valence-corrected chi connectivity index (χ2v) is 11.6. The molecule has 218 valence electrons. The van der Waals surface area contributed by atoms with Crippen LogP contribution in [0, 0.1) is 0 Å². The van der Waals surface area contributed by atoms with Crippen LogP contribution in [0.3, 0.4) is 0 Å². The average Bonchev–Trinajstić information content (AvgIpc) is 3.24. The molecule has 0 bridgehead atoms. The molecular weight excluding hydrogens is 504 g/mol. The average molecular weight is 561 g/mol. The molecule has 1 saturated heterocycles. The van der Waals surface area contributed by atoms with Crippen LogP contribution in [0.2, 0.25) is 0 Å². The topological polar surface area (TPSA) is 68.2 Å². The van der Waals surface area contributed by atoms with Crippen LogP contribution >= 0.6 is 24.4 Å². The lowest BCUT2D eigenvalue weighted by molar-refractivity contribution is -0.0615. The van der Waals surface area contributed by atoms with Gasteiger partial charge >= 0.3 is 0 Å². The van der Waals surface area contributed by atoms with E-state index >= 15 is 0 Å². The molecule has 0 radical (unpaired) electrons. The highest BCUT2D eigenvalue weighted by molar-refractivity contribution is 7.80. The Hall–Kier alpha value is -0.340. The van der Waals surface area contributed by atoms with Crippen LogP contribution < -0.4 is 0 Å². The van der Waals surface area contributed by atoms with E-state index in [0.717, 1.165) is 32.1 Å². The molecule has 5 nitrogen and oxygen atoms in total. The molecule has 1 aliphatic heterocycles. The number of thiocarbonyl (C=S) groups is 2. The summed E-state index contributed by atoms with van der Waals surface area (Å²) in [6.45, 7) is 4.45. The first-order chi connectivity index (χ1) is 18.0. The lowest BCUT2D eigenvalue weighted by Crippen LogP contribution is -2.43. The van der Waals surface area contributed by atoms with Gasteiger partial charge in [0.25, 0.3) is 0 Å². The first-order valence-electron chi connectivity index (χ1n) is 15.3. The number of ether oxygens (including phenoxy) is 3. The zero-order chi connectivity index (χ0) is 27.1. The fraction of sp³-hybridized carbons (Fsp3) is 0.933. The van der Waals surface area contributed by atoms with E-state index in [9.17, 15) is 10.2 Å². The summed E-state index contributed by atoms with van der Waals surface area (Å²) >= 11 is 10.8. The van der Waals surface area contributed by atoms with E-state index in [1.165, 1.54) is 89.9 Å². The van der Waals surface area contributed by atoms with Gasteiger partial charge in [-0.2, -0.15) is 0 Å². The minimum absolute atomic E-state index is 0.231. The maximum Gasteiger partial charge on any atom is 0.160 e. The molecule has 0 aromatic heterocycles. The Labute approximate surface area is 238 Å². The summed E-state index contributed by atoms with van der Waals surface area (Å²) in [6.07, 6.45) is 21.2. The Morgan fingerprint density at radius 2 is 1.16 bits per heavy atom. The summed E-state index contributed by atoms with van der Waals surface area (Å²) in [5.41, 5.74) is 0. The SMILES string of the molecule is CCCCCCCCCCCC(=S)O[C@@H](CO)[C@@H]1OC[C@@H](OC(=S)CCCCCCCCCCC)[C@@H]1O. The molecule has 1 aliphatic rings. The standard InChI is InChI=1S/C30H56O5S2/c1-3-5-7-9-11-13-15-17-19-21-27(36)34-25(23-31)30-29(32)26(24-33-30)35-28(37)22-20-18-16-14-12-10-8-6-4-2/h25-26,29-32H,3-24H2,1-2H3/t25-,26+,29-,30-/m0/s1. The van der Waals surface area contributed by atoms with Crippen molar-refractivity contribution < 1.29 is 24.4 Å². The highest BCUT2D eigenvalue weighted by atomic mass is 32.1. The third-order valence-corrected chi connectivity index (χ3v) is 7.85. The number of unbranched alkanes of at least 4 members (excludes halogenated alkanes) is 16. The lowest BCUT2D eigenvalue weighted by atomic mass is 10.1. The van der Waals surface area contributed by atoms with E-state index < -0.39 is 24.4 Å². The van der Waals surface area contributed by atoms with Crippen LogP contribution in [0.5, 0.6) is 0 Å². The summed E-state index contributed by atoms with van der Waals surface area (Å²) in [6, 6.07) is 0. The molecule has 2 N–H and O–H groups in total. The van der Waals surface area contributed by atoms with Crippen molar-refractivity contribution >= 4 is 34.5 Å². The molecule has 37 heavy (non-hydrogen) atoms. The van der Waals surface area contributed by atoms with Crippen molar-refractivity contribution in [2.24, 2.45) is 0 Å². The largest absolute Gasteiger partial charge is 0.479 e. The summed E-state index contributed by atoms with van der Waals surface area (Å²) in [7, 11) is 0. The lowest BCUT2D eigenvalue weighted by Gasteiger charge is -2.26. The Kier molecular flexibility index (Phi) is 22.1. The van der Waals surface area contributed by atoms with Gasteiger partial charge in [-0.25, -0.2) is 0 Å². The Balaban J connectivity index is 2.17. The zero-order valence-electron chi connectivity index (χ0n) is 23.8. The van der Waals surface area contributed by atoms with E-state index in [1.807, 2.05) is 0 Å². The number of aliphatic hydroxyl groups is 2. The van der Waals surface area contributed by atoms with Crippen molar-refractivity contribution in [3.8, 4) is 0 Å². The van der Waals surface area contributed by atoms with Crippen molar-refractivity contribution in [3.63, 3.8) is 0 Å². The molecule has 0 amide bonds. The molecular formula is C30H56O5S2. The van der Waals surface area contributed by atoms with Gasteiger partial charge < -0.3 is 24.4 Å². The molecule has 0 aromatic carbocycles. The third-order valence-electron chi connectivity index (χ3n) is 7.25. The van der Waals surface area contributed by atoms with Gasteiger partial charge in [-0.05, 0) is 37.3 Å². The molecule has 0 saturated carbocycles. The van der Waals surface area contributed by atoms with Crippen LogP contribution in [-0.4, -0.2) is 57.9 Å². The van der Waals surface area contributed by atoms with Gasteiger partial charge in [0.2, 0.25) is 0 Å². The number of hydrogen-bond acceptors (Lipinski definition) is 7. The second kappa shape index (κ2) is 23.5. The Morgan fingerprint density at radius 1 is 0.730 bits per heavy atom. The maximum atomic E-state index is 10.7. The second-order valence-electron chi connectivity index (χ2n) is 10.7. The smallest absolute Gasteiger partial charge is 0.160 e. The van der Waals surface area contributed by atoms with Crippen molar-refractivity contribution in [3.05, 3.63) is 0 Å². The van der Waals surface area contributed by atoms with Gasteiger partial charge in [0, 0.05) is 12.8 Å². The number of hydrogen-bond donors (Lipinski definition) is 2. The van der Waals surface area contributed by atoms with Gasteiger partial charge in [-0.1, -0.05) is 117 Å². The molecule has 1 rings (SSSR count). The van der Waals surface area contributed by atoms with Crippen LogP contribution in [0.1, 0.15) is 142 Å². The van der Waals surface area contributed by atoms with Crippen molar-refractivity contribution in [1.29, 1.82) is 0 Å². The molecule has 0 aliphatic carbocycles. The van der Waals surface area contributed by atoms with E-state index in [0.29, 0.717) is 16.5 Å². The summed E-state index contributed by atoms with van der Waals surface area (Å²) in [4.78, 5) is 0. The monoisotopic (exact) mass is 560 g/mol. The van der Waals surface area contributed by atoms with E-state index in [4.69, 9.17) is 38.6 Å². The van der Waals surface area contributed by atoms with Crippen LogP contribution in [0.15, 0.2) is 0 Å². The van der Waals surface area contributed by atoms with E-state index in [2.05, 4.69) is 13.8 Å². The molecule has 4 atom stereocenters. The van der Waals surface area contributed by atoms with Gasteiger partial charge in [0.1, 0.15) is 12.2 Å². The minimum atomic E-state index is -0.909. The maximum absolute atomic E-state index is 10.7. The summed E-state index contributed by atoms with van der Waals surface area (Å²) in [5, 5.41) is 21.6. The first-order valence-corrected chi connectivity index (χ1v) is 16.1. The molecule has 1 heterocycles. The molecule has 0 spiro atoms. The first kappa shape index (κ1) is 34.7. The summed E-state index contributed by atoms with van der Waals surface area (Å²) in [5.74, 6) is 0. The number of aliphatic hydroxyl groups excluding tert-OH is 2. The van der Waals surface area contributed by atoms with Gasteiger partial charge in [-0.15, -0.1) is 0 Å². The molecule has 0 unspecified atom stereocenters. The highest BCUT2D eigenvalue weighted by Crippen LogP contribution is 2.24. The van der Waals surface area contributed by atoms with Crippen molar-refractivity contribution in [1.82, 2.24) is 0 Å². The fourth-order valence-corrected chi connectivity index (χ4v) is 5.41. The van der Waals surface area contributed by atoms with Gasteiger partial charge in [0.15, 0.2) is 22.3 Å². The quantitative estimate of drug-likeness (QED) is 0.0915. The molecule has 1 fully saturated rings.